The van der Waals surface area contributed by atoms with Crippen LogP contribution in [0, 0.1) is 12.8 Å². The summed E-state index contributed by atoms with van der Waals surface area (Å²) < 4.78 is 25.4. The van der Waals surface area contributed by atoms with E-state index in [1.165, 1.54) is 0 Å². The molecule has 11 heteroatoms. The Balaban J connectivity index is 2.21. The molecule has 0 amide bonds. The maximum Gasteiger partial charge on any atom is 0.334 e. The van der Waals surface area contributed by atoms with Gasteiger partial charge in [-0.25, -0.2) is 4.79 Å². The fourth-order valence-electron chi connectivity index (χ4n) is 4.71. The van der Waals surface area contributed by atoms with Gasteiger partial charge in [0.05, 0.1) is 26.7 Å². The van der Waals surface area contributed by atoms with Gasteiger partial charge in [-0.05, 0) is 78.9 Å². The van der Waals surface area contributed by atoms with Crippen LogP contribution in [0.5, 0.6) is 11.5 Å². The molecule has 0 heterocycles. The van der Waals surface area contributed by atoms with Crippen LogP contribution in [-0.2, 0) is 27.2 Å². The van der Waals surface area contributed by atoms with Crippen LogP contribution in [0.3, 0.4) is 0 Å². The Labute approximate surface area is 294 Å². The Morgan fingerprint density at radius 3 is 1.83 bits per heavy atom. The van der Waals surface area contributed by atoms with E-state index >= 15 is 0 Å². The van der Waals surface area contributed by atoms with Crippen LogP contribution in [0.25, 0.3) is 0 Å². The zero-order valence-electron chi connectivity index (χ0n) is 27.7. The van der Waals surface area contributed by atoms with Crippen LogP contribution >= 0.6 is 46.4 Å². The van der Waals surface area contributed by atoms with E-state index in [4.69, 9.17) is 65.0 Å². The third-order valence-corrected chi connectivity index (χ3v) is 14.3. The van der Waals surface area contributed by atoms with Crippen molar-refractivity contribution in [3.63, 3.8) is 0 Å². The van der Waals surface area contributed by atoms with Crippen molar-refractivity contribution in [2.45, 2.75) is 84.9 Å². The zero-order chi connectivity index (χ0) is 34.4. The number of carbonyl (C=O) groups is 1. The number of esters is 1. The fraction of sp³-hybridized carbons (Fsp3) is 0.457. The lowest BCUT2D eigenvalue weighted by Crippen LogP contribution is -2.49. The number of halogens is 4. The molecule has 0 aliphatic rings. The lowest BCUT2D eigenvalue weighted by Gasteiger charge is -2.42. The summed E-state index contributed by atoms with van der Waals surface area (Å²) in [7, 11) is -2.51. The molecule has 0 aliphatic carbocycles. The minimum atomic E-state index is -2.51. The van der Waals surface area contributed by atoms with Gasteiger partial charge in [0.25, 0.3) is 0 Å². The molecule has 3 aromatic rings. The Morgan fingerprint density at radius 1 is 0.848 bits per heavy atom. The van der Waals surface area contributed by atoms with E-state index in [1.54, 1.807) is 31.2 Å². The minimum Gasteiger partial charge on any atom is -0.485 e. The topological polar surface area (TPSA) is 74.2 Å². The van der Waals surface area contributed by atoms with Crippen LogP contribution in [0.15, 0.2) is 48.5 Å². The highest BCUT2D eigenvalue weighted by Crippen LogP contribution is 2.46. The van der Waals surface area contributed by atoms with E-state index in [-0.39, 0.29) is 31.5 Å². The first-order chi connectivity index (χ1) is 21.5. The van der Waals surface area contributed by atoms with E-state index in [0.717, 1.165) is 16.7 Å². The molecule has 0 saturated heterocycles. The Hall–Kier alpha value is -1.97. The van der Waals surface area contributed by atoms with Crippen LogP contribution in [0.2, 0.25) is 38.2 Å². The molecule has 0 radical (unpaired) electrons. The minimum absolute atomic E-state index is 0.129. The van der Waals surface area contributed by atoms with Gasteiger partial charge in [-0.15, -0.1) is 0 Å². The Kier molecular flexibility index (Phi) is 13.7. The first kappa shape index (κ1) is 38.5. The molecule has 0 aliphatic heterocycles. The van der Waals surface area contributed by atoms with Gasteiger partial charge in [-0.1, -0.05) is 98.4 Å². The highest BCUT2D eigenvalue weighted by molar-refractivity contribution is 6.74. The Morgan fingerprint density at radius 2 is 1.37 bits per heavy atom. The van der Waals surface area contributed by atoms with Crippen molar-refractivity contribution in [1.29, 1.82) is 0 Å². The fourth-order valence-corrected chi connectivity index (χ4v) is 6.58. The molecule has 0 aromatic heterocycles. The second-order valence-electron chi connectivity index (χ2n) is 12.9. The molecule has 0 fully saturated rings. The van der Waals surface area contributed by atoms with Crippen molar-refractivity contribution in [1.82, 2.24) is 0 Å². The van der Waals surface area contributed by atoms with Gasteiger partial charge >= 0.3 is 5.97 Å². The largest absolute Gasteiger partial charge is 0.485 e. The van der Waals surface area contributed by atoms with Crippen molar-refractivity contribution >= 4 is 60.7 Å². The van der Waals surface area contributed by atoms with Crippen LogP contribution in [0.4, 0.5) is 0 Å². The van der Waals surface area contributed by atoms with Crippen molar-refractivity contribution < 1.29 is 28.5 Å². The number of aliphatic hydroxyl groups is 1. The average molecular weight is 731 g/mol. The molecule has 3 atom stereocenters. The van der Waals surface area contributed by atoms with Crippen LogP contribution in [-0.4, -0.2) is 38.7 Å². The maximum absolute atomic E-state index is 13.7. The summed E-state index contributed by atoms with van der Waals surface area (Å²) in [4.78, 5) is 13.7. The molecule has 0 spiro atoms. The number of hydrogen-bond donors (Lipinski definition) is 1. The lowest BCUT2D eigenvalue weighted by atomic mass is 9.82. The number of rotatable bonds is 14. The molecular weight excluding hydrogens is 686 g/mol. The molecule has 252 valence electrons. The SMILES string of the molecule is CCOC(=O)[C@@H](O[Si](C)(C)C(C)(C)C)[C@@H](c1ccc(C)c(OCc2ccc(Cl)c(Cl)c2)c1OCc1ccc(Cl)c(Cl)c1)[C@@H](C)CO. The number of ether oxygens (including phenoxy) is 3. The van der Waals surface area contributed by atoms with Gasteiger partial charge < -0.3 is 23.7 Å². The highest BCUT2D eigenvalue weighted by atomic mass is 35.5. The summed E-state index contributed by atoms with van der Waals surface area (Å²) in [5.41, 5.74) is 3.04. The summed E-state index contributed by atoms with van der Waals surface area (Å²) in [6.07, 6.45) is -1.01. The number of benzene rings is 3. The van der Waals surface area contributed by atoms with Gasteiger partial charge in [-0.3, -0.25) is 0 Å². The molecule has 46 heavy (non-hydrogen) atoms. The number of hydrogen-bond acceptors (Lipinski definition) is 6. The second kappa shape index (κ2) is 16.4. The van der Waals surface area contributed by atoms with Crippen molar-refractivity contribution in [2.75, 3.05) is 13.2 Å². The predicted octanol–water partition coefficient (Wildman–Crippen LogP) is 10.4. The third kappa shape index (κ3) is 9.56. The normalized spacial score (nSPS) is 14.0. The maximum atomic E-state index is 13.7. The van der Waals surface area contributed by atoms with E-state index in [9.17, 15) is 9.90 Å². The standard InChI is InChI=1S/C35H44Cl4O6Si/c1-9-42-34(41)33(45-46(7,8)35(4,5)6)30(22(3)18-40)25-13-10-21(2)31(43-19-23-11-14-26(36)28(38)16-23)32(25)44-20-24-12-15-27(37)29(39)17-24/h10-17,22,30,33,40H,9,18-20H2,1-8H3/t22-,30+,33-/m0/s1. The van der Waals surface area contributed by atoms with Gasteiger partial charge in [0.1, 0.15) is 13.2 Å². The summed E-state index contributed by atoms with van der Waals surface area (Å²) in [6.45, 7) is 16.3. The molecule has 0 saturated carbocycles. The summed E-state index contributed by atoms with van der Waals surface area (Å²) in [5.74, 6) is -0.655. The molecule has 3 aromatic carbocycles. The zero-order valence-corrected chi connectivity index (χ0v) is 31.7. The number of carbonyl (C=O) groups excluding carboxylic acids is 1. The number of aliphatic hydroxyl groups excluding tert-OH is 1. The van der Waals surface area contributed by atoms with Gasteiger partial charge in [-0.2, -0.15) is 0 Å². The monoisotopic (exact) mass is 728 g/mol. The van der Waals surface area contributed by atoms with E-state index in [0.29, 0.717) is 37.2 Å². The van der Waals surface area contributed by atoms with Gasteiger partial charge in [0.15, 0.2) is 25.9 Å². The van der Waals surface area contributed by atoms with Crippen molar-refractivity contribution in [3.8, 4) is 11.5 Å². The van der Waals surface area contributed by atoms with Gasteiger partial charge in [0.2, 0.25) is 0 Å². The number of aryl methyl sites for hydroxylation is 1. The quantitative estimate of drug-likeness (QED) is 0.132. The van der Waals surface area contributed by atoms with E-state index < -0.39 is 32.2 Å². The van der Waals surface area contributed by atoms with E-state index in [2.05, 4.69) is 33.9 Å². The lowest BCUT2D eigenvalue weighted by molar-refractivity contribution is -0.154. The summed E-state index contributed by atoms with van der Waals surface area (Å²) >= 11 is 24.9. The Bertz CT molecular complexity index is 1510. The van der Waals surface area contributed by atoms with E-state index in [1.807, 2.05) is 38.1 Å². The summed E-state index contributed by atoms with van der Waals surface area (Å²) in [5, 5.41) is 12.1. The molecule has 6 nitrogen and oxygen atoms in total. The molecular formula is C35H44Cl4O6Si. The highest BCUT2D eigenvalue weighted by Gasteiger charge is 2.46. The molecule has 0 bridgehead atoms. The second-order valence-corrected chi connectivity index (χ2v) is 19.3. The van der Waals surface area contributed by atoms with Crippen molar-refractivity contribution in [2.24, 2.45) is 5.92 Å². The molecule has 0 unspecified atom stereocenters. The van der Waals surface area contributed by atoms with Crippen molar-refractivity contribution in [3.05, 3.63) is 90.9 Å². The molecule has 3 rings (SSSR count). The van der Waals surface area contributed by atoms with Gasteiger partial charge in [0, 0.05) is 18.1 Å². The third-order valence-electron chi connectivity index (χ3n) is 8.41. The molecule has 1 N–H and O–H groups in total. The summed E-state index contributed by atoms with van der Waals surface area (Å²) in [6, 6.07) is 14.4. The smallest absolute Gasteiger partial charge is 0.334 e. The van der Waals surface area contributed by atoms with Crippen LogP contribution in [0.1, 0.15) is 62.8 Å². The first-order valence-corrected chi connectivity index (χ1v) is 19.6. The predicted molar refractivity (Wildman–Crippen MR) is 190 cm³/mol. The first-order valence-electron chi connectivity index (χ1n) is 15.2. The van der Waals surface area contributed by atoms with Crippen LogP contribution < -0.4 is 9.47 Å². The average Bonchev–Trinajstić information content (AvgIpc) is 2.98.